The van der Waals surface area contributed by atoms with Crippen molar-refractivity contribution in [3.8, 4) is 0 Å². The van der Waals surface area contributed by atoms with E-state index < -0.39 is 0 Å². The summed E-state index contributed by atoms with van der Waals surface area (Å²) in [4.78, 5) is 61.6. The van der Waals surface area contributed by atoms with E-state index in [0.29, 0.717) is 65.4 Å². The highest BCUT2D eigenvalue weighted by Gasteiger charge is 2.43. The molecule has 6 atom stereocenters. The van der Waals surface area contributed by atoms with E-state index in [9.17, 15) is 19.2 Å². The van der Waals surface area contributed by atoms with Gasteiger partial charge in [-0.3, -0.25) is 19.4 Å². The van der Waals surface area contributed by atoms with Gasteiger partial charge >= 0.3 is 24.0 Å². The Morgan fingerprint density at radius 2 is 1.02 bits per heavy atom. The van der Waals surface area contributed by atoms with Crippen molar-refractivity contribution in [1.82, 2.24) is 30.2 Å². The predicted octanol–water partition coefficient (Wildman–Crippen LogP) is 5.08. The zero-order valence-corrected chi connectivity index (χ0v) is 36.2. The second-order valence-electron chi connectivity index (χ2n) is 16.4. The van der Waals surface area contributed by atoms with Gasteiger partial charge in [0.05, 0.1) is 40.6 Å². The van der Waals surface area contributed by atoms with Crippen LogP contribution in [0, 0.1) is 23.7 Å². The minimum absolute atomic E-state index is 0.0315. The highest BCUT2D eigenvalue weighted by molar-refractivity contribution is 5.75. The Labute approximate surface area is 348 Å². The number of hydrogen-bond donors (Lipinski definition) is 2. The van der Waals surface area contributed by atoms with E-state index in [1.165, 1.54) is 14.2 Å². The van der Waals surface area contributed by atoms with Crippen LogP contribution in [0.15, 0.2) is 24.3 Å². The molecule has 2 N–H and O–H groups in total. The van der Waals surface area contributed by atoms with Gasteiger partial charge in [-0.25, -0.2) is 9.59 Å². The van der Waals surface area contributed by atoms with Crippen LogP contribution >= 0.6 is 0 Å². The van der Waals surface area contributed by atoms with E-state index in [0.717, 1.165) is 103 Å². The van der Waals surface area contributed by atoms with Gasteiger partial charge in [0.2, 0.25) is 0 Å². The molecule has 6 unspecified atom stereocenters. The minimum atomic E-state index is -0.193. The quantitative estimate of drug-likeness (QED) is 0.0815. The molecular weight excluding hydrogens is 741 g/mol. The van der Waals surface area contributed by atoms with Crippen molar-refractivity contribution in [1.29, 1.82) is 0 Å². The Morgan fingerprint density at radius 1 is 0.621 bits per heavy atom. The van der Waals surface area contributed by atoms with Crippen LogP contribution in [0.2, 0.25) is 0 Å². The number of methoxy groups -OCH3 is 2. The summed E-state index contributed by atoms with van der Waals surface area (Å²) in [6, 6.07) is -0.0654. The predicted molar refractivity (Wildman–Crippen MR) is 225 cm³/mol. The van der Waals surface area contributed by atoms with Crippen molar-refractivity contribution in [2.45, 2.75) is 103 Å². The van der Waals surface area contributed by atoms with Crippen LogP contribution in [-0.4, -0.2) is 162 Å². The van der Waals surface area contributed by atoms with Gasteiger partial charge in [-0.15, -0.1) is 0 Å². The van der Waals surface area contributed by atoms with E-state index in [4.69, 9.17) is 18.9 Å². The van der Waals surface area contributed by atoms with Crippen molar-refractivity contribution in [2.24, 2.45) is 23.7 Å². The van der Waals surface area contributed by atoms with E-state index >= 15 is 0 Å². The Balaban J connectivity index is 1.35. The number of urea groups is 2. The molecule has 2 aliphatic carbocycles. The molecule has 4 amide bonds. The van der Waals surface area contributed by atoms with Gasteiger partial charge < -0.3 is 39.4 Å². The lowest BCUT2D eigenvalue weighted by molar-refractivity contribution is -0.143. The molecule has 4 rings (SSSR count). The number of esters is 2. The number of unbranched alkanes of at least 4 members (excludes halogenated alkanes) is 1. The van der Waals surface area contributed by atoms with Crippen LogP contribution in [0.1, 0.15) is 90.9 Å². The average molecular weight is 817 g/mol. The van der Waals surface area contributed by atoms with E-state index in [-0.39, 0.29) is 59.8 Å². The number of morpholine rings is 2. The van der Waals surface area contributed by atoms with Crippen LogP contribution in [0.25, 0.3) is 0 Å². The summed E-state index contributed by atoms with van der Waals surface area (Å²) >= 11 is 0. The zero-order chi connectivity index (χ0) is 41.5. The summed E-state index contributed by atoms with van der Waals surface area (Å²) in [5.74, 6) is 0.304. The molecule has 2 saturated heterocycles. The van der Waals surface area contributed by atoms with Gasteiger partial charge in [0.1, 0.15) is 0 Å². The Morgan fingerprint density at radius 3 is 1.38 bits per heavy atom. The van der Waals surface area contributed by atoms with Crippen LogP contribution in [0.3, 0.4) is 0 Å². The normalized spacial score (nSPS) is 25.6. The second-order valence-corrected chi connectivity index (χ2v) is 16.4. The van der Waals surface area contributed by atoms with Gasteiger partial charge in [-0.2, -0.15) is 0 Å². The topological polar surface area (TPSA) is 142 Å². The third-order valence-corrected chi connectivity index (χ3v) is 12.8. The average Bonchev–Trinajstić information content (AvgIpc) is 3.82. The molecule has 2 saturated carbocycles. The number of carbonyl (C=O) groups is 4. The smallest absolute Gasteiger partial charge is 0.317 e. The van der Waals surface area contributed by atoms with Gasteiger partial charge in [0.25, 0.3) is 0 Å². The maximum absolute atomic E-state index is 14.0. The maximum atomic E-state index is 14.0. The molecule has 0 aromatic rings. The summed E-state index contributed by atoms with van der Waals surface area (Å²) in [6.07, 6.45) is 18.0. The molecule has 0 bridgehead atoms. The lowest BCUT2D eigenvalue weighted by Gasteiger charge is -2.37. The van der Waals surface area contributed by atoms with Gasteiger partial charge in [-0.05, 0) is 87.9 Å². The number of rotatable bonds is 23. The molecule has 14 heteroatoms. The van der Waals surface area contributed by atoms with Crippen LogP contribution < -0.4 is 10.6 Å². The molecule has 4 aliphatic rings. The molecule has 330 valence electrons. The van der Waals surface area contributed by atoms with Crippen molar-refractivity contribution in [3.05, 3.63) is 24.3 Å². The molecule has 14 nitrogen and oxygen atoms in total. The van der Waals surface area contributed by atoms with Crippen molar-refractivity contribution in [3.63, 3.8) is 0 Å². The largest absolute Gasteiger partial charge is 0.469 e. The fourth-order valence-electron chi connectivity index (χ4n) is 9.50. The van der Waals surface area contributed by atoms with Crippen molar-refractivity contribution in [2.75, 3.05) is 106 Å². The van der Waals surface area contributed by atoms with E-state index in [2.05, 4.69) is 58.6 Å². The molecule has 0 aromatic heterocycles. The first-order chi connectivity index (χ1) is 28.3. The van der Waals surface area contributed by atoms with Gasteiger partial charge in [0.15, 0.2) is 0 Å². The Kier molecular flexibility index (Phi) is 21.9. The molecule has 0 aromatic carbocycles. The first-order valence-electron chi connectivity index (χ1n) is 22.4. The highest BCUT2D eigenvalue weighted by atomic mass is 16.5. The van der Waals surface area contributed by atoms with Gasteiger partial charge in [0, 0.05) is 90.4 Å². The third kappa shape index (κ3) is 15.4. The van der Waals surface area contributed by atoms with E-state index in [1.54, 1.807) is 0 Å². The molecule has 2 heterocycles. The lowest BCUT2D eigenvalue weighted by Crippen LogP contribution is -2.52. The summed E-state index contributed by atoms with van der Waals surface area (Å²) in [6.45, 7) is 14.3. The van der Waals surface area contributed by atoms with Gasteiger partial charge in [-0.1, -0.05) is 38.2 Å². The number of hydrogen-bond acceptors (Lipinski definition) is 10. The first-order valence-corrected chi connectivity index (χ1v) is 22.4. The minimum Gasteiger partial charge on any atom is -0.469 e. The SMILES string of the molecule is CC/C=C/CC1C(CC(=O)OC)CCC1N(CCN1CCOCC1)C(=O)NCCCCNC(=O)N(CCN1CCOCC1)C1CCC(CC(=O)OC)C1C/C=C/CC. The molecule has 2 aliphatic heterocycles. The standard InChI is InChI=1S/C44H76N6O8/c1-5-7-9-13-37-35(33-41(51)55-3)15-17-39(37)49(23-21-47-25-29-57-30-26-47)43(53)45-19-11-12-20-46-44(54)50(24-22-48-27-31-58-32-28-48)40-18-16-36(34-42(52)56-4)38(40)14-10-8-6-2/h7-10,35-40H,5-6,11-34H2,1-4H3,(H,45,53)(H,46,54)/b9-7+,10-8+. The fourth-order valence-corrected chi connectivity index (χ4v) is 9.50. The maximum Gasteiger partial charge on any atom is 0.317 e. The monoisotopic (exact) mass is 817 g/mol. The molecule has 58 heavy (non-hydrogen) atoms. The van der Waals surface area contributed by atoms with Crippen LogP contribution in [0.4, 0.5) is 9.59 Å². The number of carbonyl (C=O) groups excluding carboxylic acids is 4. The fraction of sp³-hybridized carbons (Fsp3) is 0.818. The lowest BCUT2D eigenvalue weighted by atomic mass is 9.87. The molecule has 4 fully saturated rings. The zero-order valence-electron chi connectivity index (χ0n) is 36.2. The number of ether oxygens (including phenoxy) is 4. The Hall–Kier alpha value is -3.20. The number of nitrogens with zero attached hydrogens (tertiary/aromatic N) is 4. The number of nitrogens with one attached hydrogen (secondary N) is 2. The van der Waals surface area contributed by atoms with Crippen molar-refractivity contribution >= 4 is 24.0 Å². The first kappa shape index (κ1) is 47.5. The number of amides is 4. The third-order valence-electron chi connectivity index (χ3n) is 12.8. The van der Waals surface area contributed by atoms with Crippen LogP contribution in [0.5, 0.6) is 0 Å². The summed E-state index contributed by atoms with van der Waals surface area (Å²) in [7, 11) is 2.89. The Bertz CT molecular complexity index is 1190. The molecule has 0 radical (unpaired) electrons. The highest BCUT2D eigenvalue weighted by Crippen LogP contribution is 2.41. The summed E-state index contributed by atoms with van der Waals surface area (Å²) < 4.78 is 21.2. The summed E-state index contributed by atoms with van der Waals surface area (Å²) in [5.41, 5.74) is 0. The molecular formula is C44H76N6O8. The summed E-state index contributed by atoms with van der Waals surface area (Å²) in [5, 5.41) is 6.44. The van der Waals surface area contributed by atoms with Crippen molar-refractivity contribution < 1.29 is 38.1 Å². The molecule has 0 spiro atoms. The number of allylic oxidation sites excluding steroid dienone is 4. The van der Waals surface area contributed by atoms with E-state index in [1.807, 2.05) is 9.80 Å². The van der Waals surface area contributed by atoms with Crippen LogP contribution in [-0.2, 0) is 28.5 Å². The second kappa shape index (κ2) is 26.8.